The van der Waals surface area contributed by atoms with Crippen molar-refractivity contribution in [1.29, 1.82) is 0 Å². The summed E-state index contributed by atoms with van der Waals surface area (Å²) in [4.78, 5) is 15.6. The Labute approximate surface area is 113 Å². The van der Waals surface area contributed by atoms with Crippen LogP contribution in [0.15, 0.2) is 4.52 Å². The first-order valence-electron chi connectivity index (χ1n) is 6.53. The zero-order valence-corrected chi connectivity index (χ0v) is 12.1. The monoisotopic (exact) mass is 269 g/mol. The van der Waals surface area contributed by atoms with Gasteiger partial charge in [0.25, 0.3) is 0 Å². The second-order valence-corrected chi connectivity index (χ2v) is 5.77. The van der Waals surface area contributed by atoms with Crippen LogP contribution >= 0.6 is 0 Å². The number of aryl methyl sites for hydroxylation is 2. The summed E-state index contributed by atoms with van der Waals surface area (Å²) in [6.07, 6.45) is 1.09. The summed E-state index contributed by atoms with van der Waals surface area (Å²) in [5, 5.41) is 16.2. The molecule has 1 amide bonds. The first kappa shape index (κ1) is 15.6. The quantitative estimate of drug-likeness (QED) is 0.810. The van der Waals surface area contributed by atoms with Crippen LogP contribution in [-0.4, -0.2) is 33.8 Å². The van der Waals surface area contributed by atoms with E-state index in [1.807, 2.05) is 20.8 Å². The number of carbonyl (C=O) groups excluding carboxylic acids is 1. The van der Waals surface area contributed by atoms with Crippen LogP contribution in [0.5, 0.6) is 0 Å². The van der Waals surface area contributed by atoms with E-state index in [9.17, 15) is 9.90 Å². The highest BCUT2D eigenvalue weighted by molar-refractivity contribution is 5.75. The highest BCUT2D eigenvalue weighted by Gasteiger charge is 2.22. The van der Waals surface area contributed by atoms with E-state index < -0.39 is 6.10 Å². The van der Waals surface area contributed by atoms with Crippen molar-refractivity contribution in [2.45, 2.75) is 53.1 Å². The van der Waals surface area contributed by atoms with Gasteiger partial charge in [0.05, 0.1) is 6.10 Å². The normalized spacial score (nSPS) is 13.3. The predicted octanol–water partition coefficient (Wildman–Crippen LogP) is 1.22. The van der Waals surface area contributed by atoms with Gasteiger partial charge in [-0.15, -0.1) is 0 Å². The number of aliphatic hydroxyl groups is 1. The summed E-state index contributed by atoms with van der Waals surface area (Å²) >= 11 is 0. The van der Waals surface area contributed by atoms with Crippen LogP contribution in [0, 0.1) is 12.3 Å². The molecule has 1 heterocycles. The molecular formula is C13H23N3O3. The Kier molecular flexibility index (Phi) is 5.47. The summed E-state index contributed by atoms with van der Waals surface area (Å²) in [7, 11) is 0. The maximum atomic E-state index is 11.6. The molecule has 108 valence electrons. The molecule has 19 heavy (non-hydrogen) atoms. The molecule has 6 heteroatoms. The lowest BCUT2D eigenvalue weighted by atomic mass is 9.89. The van der Waals surface area contributed by atoms with E-state index in [0.717, 1.165) is 0 Å². The van der Waals surface area contributed by atoms with Crippen LogP contribution in [0.1, 0.15) is 45.3 Å². The van der Waals surface area contributed by atoms with Crippen molar-refractivity contribution >= 4 is 5.91 Å². The molecule has 1 aromatic heterocycles. The summed E-state index contributed by atoms with van der Waals surface area (Å²) < 4.78 is 4.96. The van der Waals surface area contributed by atoms with Gasteiger partial charge in [0.15, 0.2) is 5.82 Å². The first-order chi connectivity index (χ1) is 8.79. The Morgan fingerprint density at radius 2 is 2.16 bits per heavy atom. The number of amides is 1. The van der Waals surface area contributed by atoms with Crippen molar-refractivity contribution in [1.82, 2.24) is 15.5 Å². The van der Waals surface area contributed by atoms with E-state index in [0.29, 0.717) is 31.0 Å². The van der Waals surface area contributed by atoms with Gasteiger partial charge in [-0.2, -0.15) is 4.98 Å². The minimum atomic E-state index is -0.546. The van der Waals surface area contributed by atoms with Gasteiger partial charge in [0, 0.05) is 19.4 Å². The third-order valence-corrected chi connectivity index (χ3v) is 2.86. The van der Waals surface area contributed by atoms with Crippen molar-refractivity contribution in [2.75, 3.05) is 6.54 Å². The van der Waals surface area contributed by atoms with Crippen LogP contribution in [-0.2, 0) is 11.2 Å². The second kappa shape index (κ2) is 6.65. The average molecular weight is 269 g/mol. The molecule has 0 aliphatic carbocycles. The zero-order valence-electron chi connectivity index (χ0n) is 12.1. The highest BCUT2D eigenvalue weighted by Crippen LogP contribution is 2.18. The maximum Gasteiger partial charge on any atom is 0.226 e. The largest absolute Gasteiger partial charge is 0.391 e. The minimum Gasteiger partial charge on any atom is -0.391 e. The number of aromatic nitrogens is 2. The number of nitrogens with zero attached hydrogens (tertiary/aromatic N) is 2. The Bertz CT molecular complexity index is 410. The molecule has 1 rings (SSSR count). The van der Waals surface area contributed by atoms with Crippen molar-refractivity contribution in [3.8, 4) is 0 Å². The molecule has 0 saturated heterocycles. The van der Waals surface area contributed by atoms with Crippen LogP contribution in [0.3, 0.4) is 0 Å². The summed E-state index contributed by atoms with van der Waals surface area (Å²) in [5.41, 5.74) is -0.228. The fourth-order valence-electron chi connectivity index (χ4n) is 1.45. The number of hydrogen-bond acceptors (Lipinski definition) is 5. The SMILES string of the molecule is Cc1noc(CCCC(=O)NCC(O)C(C)(C)C)n1. The molecule has 1 atom stereocenters. The molecule has 0 spiro atoms. The summed E-state index contributed by atoms with van der Waals surface area (Å²) in [5.74, 6) is 1.09. The molecule has 0 saturated carbocycles. The van der Waals surface area contributed by atoms with Crippen molar-refractivity contribution in [2.24, 2.45) is 5.41 Å². The minimum absolute atomic E-state index is 0.0699. The smallest absolute Gasteiger partial charge is 0.226 e. The van der Waals surface area contributed by atoms with Crippen LogP contribution in [0.25, 0.3) is 0 Å². The number of hydrogen-bond donors (Lipinski definition) is 2. The maximum absolute atomic E-state index is 11.6. The Morgan fingerprint density at radius 1 is 1.47 bits per heavy atom. The molecule has 0 radical (unpaired) electrons. The topological polar surface area (TPSA) is 88.2 Å². The summed E-state index contributed by atoms with van der Waals surface area (Å²) in [6, 6.07) is 0. The Morgan fingerprint density at radius 3 is 2.68 bits per heavy atom. The standard InChI is InChI=1S/C13H23N3O3/c1-9-15-12(19-16-9)7-5-6-11(18)14-8-10(17)13(2,3)4/h10,17H,5-8H2,1-4H3,(H,14,18). The van der Waals surface area contributed by atoms with E-state index in [1.54, 1.807) is 6.92 Å². The lowest BCUT2D eigenvalue weighted by Crippen LogP contribution is -2.39. The Hall–Kier alpha value is -1.43. The molecular weight excluding hydrogens is 246 g/mol. The highest BCUT2D eigenvalue weighted by atomic mass is 16.5. The van der Waals surface area contributed by atoms with Crippen LogP contribution in [0.2, 0.25) is 0 Å². The van der Waals surface area contributed by atoms with Gasteiger partial charge in [-0.25, -0.2) is 0 Å². The van der Waals surface area contributed by atoms with Crippen molar-refractivity contribution < 1.29 is 14.4 Å². The number of rotatable bonds is 6. The fraction of sp³-hybridized carbons (Fsp3) is 0.769. The molecule has 1 unspecified atom stereocenters. The van der Waals surface area contributed by atoms with Crippen LogP contribution in [0.4, 0.5) is 0 Å². The van der Waals surface area contributed by atoms with E-state index in [1.165, 1.54) is 0 Å². The molecule has 1 aromatic rings. The molecule has 0 aliphatic rings. The third kappa shape index (κ3) is 5.83. The summed E-state index contributed by atoms with van der Waals surface area (Å²) in [6.45, 7) is 7.83. The van der Waals surface area contributed by atoms with E-state index in [-0.39, 0.29) is 17.9 Å². The number of carbonyl (C=O) groups is 1. The van der Waals surface area contributed by atoms with E-state index >= 15 is 0 Å². The van der Waals surface area contributed by atoms with Gasteiger partial charge in [-0.1, -0.05) is 25.9 Å². The molecule has 0 bridgehead atoms. The van der Waals surface area contributed by atoms with Gasteiger partial charge in [0.1, 0.15) is 0 Å². The zero-order chi connectivity index (χ0) is 14.5. The molecule has 0 aliphatic heterocycles. The van der Waals surface area contributed by atoms with Crippen molar-refractivity contribution in [3.05, 3.63) is 11.7 Å². The van der Waals surface area contributed by atoms with Gasteiger partial charge in [0.2, 0.25) is 11.8 Å². The fourth-order valence-corrected chi connectivity index (χ4v) is 1.45. The molecule has 0 aromatic carbocycles. The van der Waals surface area contributed by atoms with Gasteiger partial charge in [-0.3, -0.25) is 4.79 Å². The van der Waals surface area contributed by atoms with E-state index in [2.05, 4.69) is 15.5 Å². The molecule has 6 nitrogen and oxygen atoms in total. The third-order valence-electron chi connectivity index (χ3n) is 2.86. The Balaban J connectivity index is 2.18. The lowest BCUT2D eigenvalue weighted by molar-refractivity contribution is -0.122. The van der Waals surface area contributed by atoms with Gasteiger partial charge in [-0.05, 0) is 18.8 Å². The molecule has 0 fully saturated rings. The lowest BCUT2D eigenvalue weighted by Gasteiger charge is -2.25. The van der Waals surface area contributed by atoms with Gasteiger partial charge < -0.3 is 14.9 Å². The number of nitrogens with one attached hydrogen (secondary N) is 1. The molecule has 2 N–H and O–H groups in total. The van der Waals surface area contributed by atoms with Crippen molar-refractivity contribution in [3.63, 3.8) is 0 Å². The van der Waals surface area contributed by atoms with E-state index in [4.69, 9.17) is 4.52 Å². The predicted molar refractivity (Wildman–Crippen MR) is 70.4 cm³/mol. The van der Waals surface area contributed by atoms with Crippen LogP contribution < -0.4 is 5.32 Å². The van der Waals surface area contributed by atoms with Gasteiger partial charge >= 0.3 is 0 Å². The average Bonchev–Trinajstić information content (AvgIpc) is 2.70. The first-order valence-corrected chi connectivity index (χ1v) is 6.53. The number of aliphatic hydroxyl groups excluding tert-OH is 1. The second-order valence-electron chi connectivity index (χ2n) is 5.77.